The molecular weight excluding hydrogens is 148 g/mol. The molecule has 1 heterocycles. The Kier molecular flexibility index (Phi) is 2.97. The lowest BCUT2D eigenvalue weighted by molar-refractivity contribution is 0.129. The molecule has 0 amide bonds. The molecule has 0 N–H and O–H groups in total. The molecule has 0 bridgehead atoms. The van der Waals surface area contributed by atoms with E-state index in [1.165, 1.54) is 25.7 Å². The summed E-state index contributed by atoms with van der Waals surface area (Å²) < 4.78 is 0. The van der Waals surface area contributed by atoms with Crippen LogP contribution in [-0.2, 0) is 0 Å². The SMILES string of the molecule is CCC1(CC)CCN(C#N)CC1. The molecular formula is C10H18N2. The van der Waals surface area contributed by atoms with E-state index in [4.69, 9.17) is 5.26 Å². The smallest absolute Gasteiger partial charge is 0.179 e. The topological polar surface area (TPSA) is 27.0 Å². The molecule has 1 aliphatic rings. The van der Waals surface area contributed by atoms with Gasteiger partial charge in [-0.25, -0.2) is 0 Å². The Hall–Kier alpha value is -0.710. The second-order valence-corrected chi connectivity index (χ2v) is 3.79. The van der Waals surface area contributed by atoms with Gasteiger partial charge in [0.1, 0.15) is 0 Å². The van der Waals surface area contributed by atoms with Crippen molar-refractivity contribution >= 4 is 0 Å². The number of nitriles is 1. The van der Waals surface area contributed by atoms with Crippen molar-refractivity contribution in [1.82, 2.24) is 4.90 Å². The van der Waals surface area contributed by atoms with E-state index < -0.39 is 0 Å². The van der Waals surface area contributed by atoms with Crippen molar-refractivity contribution in [1.29, 1.82) is 5.26 Å². The van der Waals surface area contributed by atoms with Crippen LogP contribution in [0, 0.1) is 16.9 Å². The highest BCUT2D eigenvalue weighted by atomic mass is 15.1. The first-order valence-electron chi connectivity index (χ1n) is 4.91. The molecule has 0 saturated carbocycles. The van der Waals surface area contributed by atoms with Crippen LogP contribution >= 0.6 is 0 Å². The summed E-state index contributed by atoms with van der Waals surface area (Å²) in [6, 6.07) is 0. The zero-order chi connectivity index (χ0) is 9.03. The molecule has 12 heavy (non-hydrogen) atoms. The van der Waals surface area contributed by atoms with Crippen molar-refractivity contribution in [2.45, 2.75) is 39.5 Å². The Morgan fingerprint density at radius 2 is 1.75 bits per heavy atom. The summed E-state index contributed by atoms with van der Waals surface area (Å²) in [5.41, 5.74) is 0.549. The minimum absolute atomic E-state index is 0.549. The number of likely N-dealkylation sites (tertiary alicyclic amines) is 1. The molecule has 68 valence electrons. The van der Waals surface area contributed by atoms with Crippen molar-refractivity contribution in [3.63, 3.8) is 0 Å². The normalized spacial score (nSPS) is 21.9. The van der Waals surface area contributed by atoms with E-state index >= 15 is 0 Å². The minimum atomic E-state index is 0.549. The van der Waals surface area contributed by atoms with E-state index in [1.807, 2.05) is 4.90 Å². The third-order valence-corrected chi connectivity index (χ3v) is 3.47. The van der Waals surface area contributed by atoms with Crippen molar-refractivity contribution in [2.75, 3.05) is 13.1 Å². The van der Waals surface area contributed by atoms with Crippen LogP contribution in [0.4, 0.5) is 0 Å². The van der Waals surface area contributed by atoms with Crippen molar-refractivity contribution in [2.24, 2.45) is 5.41 Å². The highest BCUT2D eigenvalue weighted by Crippen LogP contribution is 2.37. The second kappa shape index (κ2) is 3.80. The number of rotatable bonds is 2. The Labute approximate surface area is 75.2 Å². The fourth-order valence-corrected chi connectivity index (χ4v) is 2.04. The zero-order valence-electron chi connectivity index (χ0n) is 8.14. The summed E-state index contributed by atoms with van der Waals surface area (Å²) in [7, 11) is 0. The van der Waals surface area contributed by atoms with E-state index in [1.54, 1.807) is 0 Å². The molecule has 2 nitrogen and oxygen atoms in total. The highest BCUT2D eigenvalue weighted by Gasteiger charge is 2.30. The summed E-state index contributed by atoms with van der Waals surface area (Å²) in [4.78, 5) is 1.88. The van der Waals surface area contributed by atoms with Gasteiger partial charge in [-0.2, -0.15) is 5.26 Å². The predicted molar refractivity (Wildman–Crippen MR) is 49.4 cm³/mol. The van der Waals surface area contributed by atoms with Crippen molar-refractivity contribution in [3.05, 3.63) is 0 Å². The second-order valence-electron chi connectivity index (χ2n) is 3.79. The lowest BCUT2D eigenvalue weighted by Crippen LogP contribution is -2.36. The van der Waals surface area contributed by atoms with Gasteiger partial charge in [-0.15, -0.1) is 0 Å². The molecule has 0 spiro atoms. The first-order valence-corrected chi connectivity index (χ1v) is 4.91. The summed E-state index contributed by atoms with van der Waals surface area (Å²) in [6.07, 6.45) is 7.16. The van der Waals surface area contributed by atoms with Crippen LogP contribution in [0.3, 0.4) is 0 Å². The van der Waals surface area contributed by atoms with Crippen LogP contribution < -0.4 is 0 Å². The van der Waals surface area contributed by atoms with Gasteiger partial charge in [0.25, 0.3) is 0 Å². The summed E-state index contributed by atoms with van der Waals surface area (Å²) >= 11 is 0. The fourth-order valence-electron chi connectivity index (χ4n) is 2.04. The lowest BCUT2D eigenvalue weighted by Gasteiger charge is -2.38. The van der Waals surface area contributed by atoms with Gasteiger partial charge in [-0.1, -0.05) is 26.7 Å². The minimum Gasteiger partial charge on any atom is -0.311 e. The third-order valence-electron chi connectivity index (χ3n) is 3.47. The van der Waals surface area contributed by atoms with Gasteiger partial charge in [-0.3, -0.25) is 0 Å². The van der Waals surface area contributed by atoms with Gasteiger partial charge in [0.2, 0.25) is 0 Å². The molecule has 0 aromatic heterocycles. The quantitative estimate of drug-likeness (QED) is 0.589. The van der Waals surface area contributed by atoms with Crippen LogP contribution in [0.2, 0.25) is 0 Å². The number of hydrogen-bond acceptors (Lipinski definition) is 2. The van der Waals surface area contributed by atoms with E-state index in [0.29, 0.717) is 5.41 Å². The van der Waals surface area contributed by atoms with E-state index in [-0.39, 0.29) is 0 Å². The Morgan fingerprint density at radius 1 is 1.25 bits per heavy atom. The molecule has 0 aliphatic carbocycles. The van der Waals surface area contributed by atoms with Crippen LogP contribution in [0.25, 0.3) is 0 Å². The average molecular weight is 166 g/mol. The molecule has 0 radical (unpaired) electrons. The first kappa shape index (κ1) is 9.38. The average Bonchev–Trinajstić information content (AvgIpc) is 2.18. The van der Waals surface area contributed by atoms with Crippen LogP contribution in [0.1, 0.15) is 39.5 Å². The fraction of sp³-hybridized carbons (Fsp3) is 0.900. The maximum absolute atomic E-state index is 8.68. The Balaban J connectivity index is 2.49. The molecule has 0 unspecified atom stereocenters. The maximum atomic E-state index is 8.68. The molecule has 0 aromatic carbocycles. The van der Waals surface area contributed by atoms with Crippen LogP contribution in [0.15, 0.2) is 0 Å². The van der Waals surface area contributed by atoms with Gasteiger partial charge in [0, 0.05) is 13.1 Å². The summed E-state index contributed by atoms with van der Waals surface area (Å²) in [5, 5.41) is 8.68. The zero-order valence-corrected chi connectivity index (χ0v) is 8.14. The van der Waals surface area contributed by atoms with Crippen LogP contribution in [0.5, 0.6) is 0 Å². The molecule has 1 rings (SSSR count). The van der Waals surface area contributed by atoms with Gasteiger partial charge in [-0.05, 0) is 18.3 Å². The number of nitrogens with zero attached hydrogens (tertiary/aromatic N) is 2. The summed E-state index contributed by atoms with van der Waals surface area (Å²) in [6.45, 7) is 6.48. The molecule has 0 aromatic rings. The predicted octanol–water partition coefficient (Wildman–Crippen LogP) is 2.37. The lowest BCUT2D eigenvalue weighted by atomic mass is 9.74. The maximum Gasteiger partial charge on any atom is 0.179 e. The van der Waals surface area contributed by atoms with E-state index in [2.05, 4.69) is 20.0 Å². The van der Waals surface area contributed by atoms with Crippen molar-refractivity contribution < 1.29 is 0 Å². The van der Waals surface area contributed by atoms with Crippen molar-refractivity contribution in [3.8, 4) is 6.19 Å². The van der Waals surface area contributed by atoms with Gasteiger partial charge < -0.3 is 4.90 Å². The number of hydrogen-bond donors (Lipinski definition) is 0. The Bertz CT molecular complexity index is 167. The van der Waals surface area contributed by atoms with Gasteiger partial charge in [0.05, 0.1) is 0 Å². The Morgan fingerprint density at radius 3 is 2.08 bits per heavy atom. The monoisotopic (exact) mass is 166 g/mol. The molecule has 2 heteroatoms. The standard InChI is InChI=1S/C10H18N2/c1-3-10(4-2)5-7-12(9-11)8-6-10/h3-8H2,1-2H3. The molecule has 1 aliphatic heterocycles. The van der Waals surface area contributed by atoms with Gasteiger partial charge in [0.15, 0.2) is 6.19 Å². The molecule has 1 fully saturated rings. The molecule has 1 saturated heterocycles. The van der Waals surface area contributed by atoms with Crippen LogP contribution in [-0.4, -0.2) is 18.0 Å². The molecule has 0 atom stereocenters. The van der Waals surface area contributed by atoms with E-state index in [0.717, 1.165) is 13.1 Å². The first-order chi connectivity index (χ1) is 5.76. The highest BCUT2D eigenvalue weighted by molar-refractivity contribution is 4.88. The third kappa shape index (κ3) is 1.72. The van der Waals surface area contributed by atoms with E-state index in [9.17, 15) is 0 Å². The van der Waals surface area contributed by atoms with Gasteiger partial charge >= 0.3 is 0 Å². The number of piperidine rings is 1. The summed E-state index contributed by atoms with van der Waals surface area (Å²) in [5.74, 6) is 0. The largest absolute Gasteiger partial charge is 0.311 e.